The Morgan fingerprint density at radius 2 is 1.83 bits per heavy atom. The summed E-state index contributed by atoms with van der Waals surface area (Å²) in [5.74, 6) is 2.50. The molecule has 0 aliphatic carbocycles. The number of halogens is 2. The minimum Gasteiger partial charge on any atom is -0.325 e. The Kier molecular flexibility index (Phi) is 8.69. The van der Waals surface area contributed by atoms with E-state index in [0.717, 1.165) is 17.3 Å². The number of aromatic nitrogens is 3. The third-order valence-corrected chi connectivity index (χ3v) is 6.33. The van der Waals surface area contributed by atoms with Crippen molar-refractivity contribution in [3.8, 4) is 0 Å². The fourth-order valence-corrected chi connectivity index (χ4v) is 4.85. The molecule has 0 atom stereocenters. The van der Waals surface area contributed by atoms with E-state index in [1.54, 1.807) is 36.0 Å². The summed E-state index contributed by atoms with van der Waals surface area (Å²) in [7, 11) is 0. The molecule has 3 rings (SSSR count). The highest BCUT2D eigenvalue weighted by Crippen LogP contribution is 2.24. The van der Waals surface area contributed by atoms with Gasteiger partial charge in [-0.15, -0.1) is 28.5 Å². The number of benzene rings is 2. The maximum atomic E-state index is 12.3. The molecule has 0 aliphatic rings. The number of allylic oxidation sites excluding steroid dienone is 1. The van der Waals surface area contributed by atoms with Crippen LogP contribution in [0.3, 0.4) is 0 Å². The summed E-state index contributed by atoms with van der Waals surface area (Å²) in [5, 5.41) is 13.0. The van der Waals surface area contributed by atoms with Gasteiger partial charge in [0.25, 0.3) is 0 Å². The van der Waals surface area contributed by atoms with E-state index in [2.05, 4.69) is 34.2 Å². The van der Waals surface area contributed by atoms with Crippen molar-refractivity contribution in [2.45, 2.75) is 23.2 Å². The van der Waals surface area contributed by atoms with Gasteiger partial charge in [0.15, 0.2) is 5.16 Å². The number of amides is 1. The zero-order valence-corrected chi connectivity index (χ0v) is 19.2. The molecule has 0 spiro atoms. The summed E-state index contributed by atoms with van der Waals surface area (Å²) < 4.78 is 1.99. The van der Waals surface area contributed by atoms with Crippen LogP contribution in [0.4, 0.5) is 5.69 Å². The highest BCUT2D eigenvalue weighted by molar-refractivity contribution is 7.99. The fraction of sp³-hybridized carbons (Fsp3) is 0.190. The van der Waals surface area contributed by atoms with Gasteiger partial charge in [-0.05, 0) is 23.8 Å². The smallest absolute Gasteiger partial charge is 0.234 e. The topological polar surface area (TPSA) is 59.8 Å². The van der Waals surface area contributed by atoms with E-state index in [4.69, 9.17) is 23.2 Å². The molecule has 2 aromatic carbocycles. The van der Waals surface area contributed by atoms with E-state index in [-0.39, 0.29) is 11.7 Å². The van der Waals surface area contributed by atoms with Crippen molar-refractivity contribution >= 4 is 58.3 Å². The Bertz CT molecular complexity index is 991. The van der Waals surface area contributed by atoms with Gasteiger partial charge in [0.05, 0.1) is 11.5 Å². The Morgan fingerprint density at radius 3 is 2.53 bits per heavy atom. The van der Waals surface area contributed by atoms with Crippen molar-refractivity contribution in [2.24, 2.45) is 0 Å². The molecule has 1 aromatic heterocycles. The van der Waals surface area contributed by atoms with Gasteiger partial charge in [0.2, 0.25) is 5.91 Å². The van der Waals surface area contributed by atoms with Gasteiger partial charge in [-0.2, -0.15) is 0 Å². The van der Waals surface area contributed by atoms with Gasteiger partial charge in [-0.3, -0.25) is 4.79 Å². The molecule has 1 N–H and O–H groups in total. The average molecular weight is 479 g/mol. The van der Waals surface area contributed by atoms with E-state index < -0.39 is 0 Å². The van der Waals surface area contributed by atoms with Crippen molar-refractivity contribution in [2.75, 3.05) is 11.1 Å². The van der Waals surface area contributed by atoms with Gasteiger partial charge >= 0.3 is 0 Å². The molecule has 0 saturated heterocycles. The SMILES string of the molecule is C=CCn1c(CSCc2ccccc2)nnc1SCC(=O)Nc1cc(Cl)cc(Cl)c1. The van der Waals surface area contributed by atoms with Crippen LogP contribution in [0.1, 0.15) is 11.4 Å². The van der Waals surface area contributed by atoms with Crippen LogP contribution in [0.5, 0.6) is 0 Å². The van der Waals surface area contributed by atoms with Crippen LogP contribution in [0.25, 0.3) is 0 Å². The van der Waals surface area contributed by atoms with E-state index in [9.17, 15) is 4.79 Å². The monoisotopic (exact) mass is 478 g/mol. The standard InChI is InChI=1S/C21H20Cl2N4OS2/c1-2-8-27-19(13-29-12-15-6-4-3-5-7-15)25-26-21(27)30-14-20(28)24-18-10-16(22)9-17(23)11-18/h2-7,9-11H,1,8,12-14H2,(H,24,28). The largest absolute Gasteiger partial charge is 0.325 e. The third kappa shape index (κ3) is 6.80. The van der Waals surface area contributed by atoms with E-state index >= 15 is 0 Å². The molecule has 3 aromatic rings. The highest BCUT2D eigenvalue weighted by atomic mass is 35.5. The molecule has 9 heteroatoms. The summed E-state index contributed by atoms with van der Waals surface area (Å²) >= 11 is 15.0. The van der Waals surface area contributed by atoms with Crippen LogP contribution >= 0.6 is 46.7 Å². The molecule has 0 aliphatic heterocycles. The second-order valence-electron chi connectivity index (χ2n) is 6.27. The molecule has 0 bridgehead atoms. The third-order valence-electron chi connectivity index (χ3n) is 3.93. The first-order chi connectivity index (χ1) is 14.5. The Labute approximate surface area is 194 Å². The van der Waals surface area contributed by atoms with Crippen LogP contribution in [0.2, 0.25) is 10.0 Å². The van der Waals surface area contributed by atoms with Gasteiger partial charge in [-0.1, -0.05) is 71.4 Å². The first-order valence-corrected chi connectivity index (χ1v) is 12.0. The number of anilines is 1. The lowest BCUT2D eigenvalue weighted by Crippen LogP contribution is -2.14. The van der Waals surface area contributed by atoms with Crippen LogP contribution in [0, 0.1) is 0 Å². The summed E-state index contributed by atoms with van der Waals surface area (Å²) in [4.78, 5) is 12.3. The zero-order valence-electron chi connectivity index (χ0n) is 16.1. The van der Waals surface area contributed by atoms with Crippen LogP contribution in [-0.2, 0) is 22.8 Å². The average Bonchev–Trinajstić information content (AvgIpc) is 3.08. The van der Waals surface area contributed by atoms with Crippen molar-refractivity contribution in [1.29, 1.82) is 0 Å². The van der Waals surface area contributed by atoms with Gasteiger partial charge < -0.3 is 9.88 Å². The minimum absolute atomic E-state index is 0.175. The van der Waals surface area contributed by atoms with E-state index in [1.165, 1.54) is 17.3 Å². The highest BCUT2D eigenvalue weighted by Gasteiger charge is 2.14. The molecule has 0 radical (unpaired) electrons. The predicted molar refractivity (Wildman–Crippen MR) is 127 cm³/mol. The first kappa shape index (κ1) is 22.7. The lowest BCUT2D eigenvalue weighted by atomic mass is 10.2. The number of nitrogens with one attached hydrogen (secondary N) is 1. The van der Waals surface area contributed by atoms with Crippen molar-refractivity contribution in [1.82, 2.24) is 14.8 Å². The minimum atomic E-state index is -0.175. The number of nitrogens with zero attached hydrogens (tertiary/aromatic N) is 3. The number of thioether (sulfide) groups is 2. The maximum absolute atomic E-state index is 12.3. The van der Waals surface area contributed by atoms with Crippen molar-refractivity contribution in [3.05, 3.63) is 82.6 Å². The second kappa shape index (κ2) is 11.5. The number of carbonyl (C=O) groups is 1. The van der Waals surface area contributed by atoms with E-state index in [1.807, 2.05) is 22.8 Å². The zero-order chi connectivity index (χ0) is 21.3. The number of hydrogen-bond donors (Lipinski definition) is 1. The summed E-state index contributed by atoms with van der Waals surface area (Å²) in [6.07, 6.45) is 1.80. The number of hydrogen-bond acceptors (Lipinski definition) is 5. The summed E-state index contributed by atoms with van der Waals surface area (Å²) in [5.41, 5.74) is 1.83. The van der Waals surface area contributed by atoms with Crippen LogP contribution in [0.15, 0.2) is 66.3 Å². The maximum Gasteiger partial charge on any atom is 0.234 e. The van der Waals surface area contributed by atoms with Crippen molar-refractivity contribution < 1.29 is 4.79 Å². The Hall–Kier alpha value is -1.93. The molecule has 1 heterocycles. The Balaban J connectivity index is 1.57. The molecule has 0 fully saturated rings. The first-order valence-electron chi connectivity index (χ1n) is 9.08. The van der Waals surface area contributed by atoms with E-state index in [0.29, 0.717) is 27.4 Å². The lowest BCUT2D eigenvalue weighted by Gasteiger charge is -2.08. The molecular formula is C21H20Cl2N4OS2. The number of carbonyl (C=O) groups excluding carboxylic acids is 1. The summed E-state index contributed by atoms with van der Waals surface area (Å²) in [6, 6.07) is 15.2. The quantitative estimate of drug-likeness (QED) is 0.288. The van der Waals surface area contributed by atoms with Crippen molar-refractivity contribution in [3.63, 3.8) is 0 Å². The fourth-order valence-electron chi connectivity index (χ4n) is 2.63. The number of rotatable bonds is 10. The predicted octanol–water partition coefficient (Wildman–Crippen LogP) is 5.94. The molecule has 5 nitrogen and oxygen atoms in total. The van der Waals surface area contributed by atoms with Crippen LogP contribution < -0.4 is 5.32 Å². The normalized spacial score (nSPS) is 10.7. The van der Waals surface area contributed by atoms with Gasteiger partial charge in [-0.25, -0.2) is 0 Å². The lowest BCUT2D eigenvalue weighted by molar-refractivity contribution is -0.113. The Morgan fingerprint density at radius 1 is 1.10 bits per heavy atom. The second-order valence-corrected chi connectivity index (χ2v) is 9.07. The van der Waals surface area contributed by atoms with Gasteiger partial charge in [0.1, 0.15) is 5.82 Å². The molecule has 30 heavy (non-hydrogen) atoms. The molecule has 1 amide bonds. The molecule has 0 saturated carbocycles. The molecule has 0 unspecified atom stereocenters. The molecule has 156 valence electrons. The van der Waals surface area contributed by atoms with Gasteiger partial charge in [0, 0.05) is 28.0 Å². The summed E-state index contributed by atoms with van der Waals surface area (Å²) in [6.45, 7) is 4.40. The molecular weight excluding hydrogens is 459 g/mol. The van der Waals surface area contributed by atoms with Crippen LogP contribution in [-0.4, -0.2) is 26.4 Å².